The number of carbonyl (C=O) groups excluding carboxylic acids is 1. The highest BCUT2D eigenvalue weighted by Crippen LogP contribution is 2.26. The number of benzene rings is 1. The third kappa shape index (κ3) is 4.60. The molecule has 2 aromatic rings. The number of aromatic nitrogens is 1. The van der Waals surface area contributed by atoms with Crippen molar-refractivity contribution in [2.24, 2.45) is 17.8 Å². The molecule has 1 aromatic heterocycles. The summed E-state index contributed by atoms with van der Waals surface area (Å²) < 4.78 is 29.9. The molecular formula is C25H35N3O4S. The Morgan fingerprint density at radius 1 is 1.03 bits per heavy atom. The minimum absolute atomic E-state index is 0.118. The van der Waals surface area contributed by atoms with Gasteiger partial charge in [0.2, 0.25) is 15.5 Å². The van der Waals surface area contributed by atoms with Crippen LogP contribution in [0.1, 0.15) is 57.3 Å². The van der Waals surface area contributed by atoms with Gasteiger partial charge in [-0.3, -0.25) is 9.59 Å². The van der Waals surface area contributed by atoms with Crippen LogP contribution in [0.25, 0.3) is 10.9 Å². The van der Waals surface area contributed by atoms with Crippen LogP contribution in [0.3, 0.4) is 0 Å². The molecule has 2 aliphatic heterocycles. The average molecular weight is 474 g/mol. The Morgan fingerprint density at radius 2 is 1.67 bits per heavy atom. The van der Waals surface area contributed by atoms with Gasteiger partial charge in [-0.1, -0.05) is 20.8 Å². The van der Waals surface area contributed by atoms with Crippen LogP contribution in [0, 0.1) is 17.8 Å². The number of hydrogen-bond donors (Lipinski definition) is 0. The van der Waals surface area contributed by atoms with Crippen LogP contribution < -0.4 is 5.43 Å². The molecule has 2 fully saturated rings. The number of amides is 1. The number of carbonyl (C=O) groups is 1. The molecule has 33 heavy (non-hydrogen) atoms. The third-order valence-electron chi connectivity index (χ3n) is 7.16. The van der Waals surface area contributed by atoms with E-state index in [1.54, 1.807) is 23.2 Å². The topological polar surface area (TPSA) is 79.7 Å². The van der Waals surface area contributed by atoms with Gasteiger partial charge in [0.15, 0.2) is 0 Å². The van der Waals surface area contributed by atoms with Crippen LogP contribution >= 0.6 is 0 Å². The van der Waals surface area contributed by atoms with Gasteiger partial charge in [-0.25, -0.2) is 8.42 Å². The Labute approximate surface area is 196 Å². The third-order valence-corrected chi connectivity index (χ3v) is 9.05. The number of fused-ring (bicyclic) bond motifs is 1. The molecule has 0 bridgehead atoms. The number of nitrogens with zero attached hydrogens (tertiary/aromatic N) is 3. The van der Waals surface area contributed by atoms with Gasteiger partial charge in [-0.2, -0.15) is 4.31 Å². The van der Waals surface area contributed by atoms with Crippen LogP contribution in [0.4, 0.5) is 0 Å². The standard InChI is InChI=1S/C25H35N3O4S/c1-5-26-16-22(25(30)27-14-18(3)12-19(4)15-27)24(29)21-13-20(6-7-23(21)26)33(31,32)28-10-8-17(2)9-11-28/h6-7,13,16-19H,5,8-12,14-15H2,1-4H3/t18-,19-/m0/s1. The normalized spacial score (nSPS) is 23.2. The number of hydrogen-bond acceptors (Lipinski definition) is 4. The molecule has 0 aliphatic carbocycles. The van der Waals surface area contributed by atoms with Gasteiger partial charge in [0, 0.05) is 44.3 Å². The zero-order valence-corrected chi connectivity index (χ0v) is 20.9. The number of rotatable bonds is 4. The Kier molecular flexibility index (Phi) is 6.69. The van der Waals surface area contributed by atoms with Crippen LogP contribution in [-0.2, 0) is 16.6 Å². The first-order valence-corrected chi connectivity index (χ1v) is 13.5. The Morgan fingerprint density at radius 3 is 2.27 bits per heavy atom. The highest BCUT2D eigenvalue weighted by molar-refractivity contribution is 7.89. The molecule has 0 radical (unpaired) electrons. The van der Waals surface area contributed by atoms with Gasteiger partial charge in [0.25, 0.3) is 5.91 Å². The van der Waals surface area contributed by atoms with Crippen molar-refractivity contribution < 1.29 is 13.2 Å². The summed E-state index contributed by atoms with van der Waals surface area (Å²) in [6.45, 7) is 11.1. The van der Waals surface area contributed by atoms with E-state index in [1.807, 2.05) is 11.5 Å². The van der Waals surface area contributed by atoms with E-state index in [9.17, 15) is 18.0 Å². The summed E-state index contributed by atoms with van der Waals surface area (Å²) >= 11 is 0. The van der Waals surface area contributed by atoms with E-state index >= 15 is 0 Å². The number of pyridine rings is 1. The van der Waals surface area contributed by atoms with Gasteiger partial charge in [-0.05, 0) is 62.1 Å². The van der Waals surface area contributed by atoms with Gasteiger partial charge >= 0.3 is 0 Å². The molecule has 180 valence electrons. The Bertz CT molecular complexity index is 1200. The van der Waals surface area contributed by atoms with Crippen LogP contribution in [0.2, 0.25) is 0 Å². The first-order valence-electron chi connectivity index (χ1n) is 12.1. The maximum absolute atomic E-state index is 13.5. The first-order chi connectivity index (χ1) is 15.6. The quantitative estimate of drug-likeness (QED) is 0.680. The monoisotopic (exact) mass is 473 g/mol. The Hall–Kier alpha value is -2.19. The van der Waals surface area contributed by atoms with E-state index in [-0.39, 0.29) is 21.8 Å². The van der Waals surface area contributed by atoms with Crippen LogP contribution in [0.5, 0.6) is 0 Å². The molecule has 2 atom stereocenters. The first kappa shape index (κ1) is 24.0. The van der Waals surface area contributed by atoms with Crippen molar-refractivity contribution in [2.75, 3.05) is 26.2 Å². The number of aryl methyl sites for hydroxylation is 1. The fourth-order valence-corrected chi connectivity index (χ4v) is 6.82. The van der Waals surface area contributed by atoms with Crippen molar-refractivity contribution in [3.8, 4) is 0 Å². The second-order valence-corrected chi connectivity index (χ2v) is 12.0. The number of piperidine rings is 2. The predicted octanol–water partition coefficient (Wildman–Crippen LogP) is 3.56. The van der Waals surface area contributed by atoms with Crippen LogP contribution in [0.15, 0.2) is 34.1 Å². The highest BCUT2D eigenvalue weighted by Gasteiger charge is 2.30. The second kappa shape index (κ2) is 9.22. The maximum atomic E-state index is 13.5. The van der Waals surface area contributed by atoms with Crippen LogP contribution in [-0.4, -0.2) is 54.3 Å². The van der Waals surface area contributed by atoms with Gasteiger partial charge < -0.3 is 9.47 Å². The molecule has 1 amide bonds. The molecule has 0 unspecified atom stereocenters. The molecule has 1 aromatic carbocycles. The average Bonchev–Trinajstić information content (AvgIpc) is 2.78. The zero-order valence-electron chi connectivity index (χ0n) is 20.1. The number of sulfonamides is 1. The lowest BCUT2D eigenvalue weighted by Gasteiger charge is -2.35. The molecule has 2 saturated heterocycles. The van der Waals surface area contributed by atoms with Crippen molar-refractivity contribution in [3.05, 3.63) is 40.2 Å². The van der Waals surface area contributed by atoms with Crippen molar-refractivity contribution in [3.63, 3.8) is 0 Å². The lowest BCUT2D eigenvalue weighted by atomic mass is 9.91. The van der Waals surface area contributed by atoms with Gasteiger partial charge in [0.05, 0.1) is 10.4 Å². The SMILES string of the molecule is CCn1cc(C(=O)N2C[C@@H](C)C[C@H](C)C2)c(=O)c2cc(S(=O)(=O)N3CCC(C)CC3)ccc21. The molecule has 4 rings (SSSR count). The molecule has 8 heteroatoms. The summed E-state index contributed by atoms with van der Waals surface area (Å²) in [5.74, 6) is 1.02. The fraction of sp³-hybridized carbons (Fsp3) is 0.600. The second-order valence-electron chi connectivity index (χ2n) is 10.1. The summed E-state index contributed by atoms with van der Waals surface area (Å²) in [7, 11) is -3.69. The van der Waals surface area contributed by atoms with E-state index in [1.165, 1.54) is 10.4 Å². The van der Waals surface area contributed by atoms with Crippen molar-refractivity contribution in [2.45, 2.75) is 58.4 Å². The fourth-order valence-electron chi connectivity index (χ4n) is 5.32. The van der Waals surface area contributed by atoms with Crippen molar-refractivity contribution in [1.29, 1.82) is 0 Å². The summed E-state index contributed by atoms with van der Waals surface area (Å²) in [5.41, 5.74) is 0.368. The predicted molar refractivity (Wildman–Crippen MR) is 130 cm³/mol. The minimum Gasteiger partial charge on any atom is -0.347 e. The smallest absolute Gasteiger partial charge is 0.259 e. The highest BCUT2D eigenvalue weighted by atomic mass is 32.2. The minimum atomic E-state index is -3.69. The van der Waals surface area contributed by atoms with Gasteiger partial charge in [0.1, 0.15) is 5.56 Å². The molecule has 7 nitrogen and oxygen atoms in total. The largest absolute Gasteiger partial charge is 0.347 e. The molecule has 0 N–H and O–H groups in total. The molecule has 0 spiro atoms. The maximum Gasteiger partial charge on any atom is 0.259 e. The molecule has 3 heterocycles. The van der Waals surface area contributed by atoms with E-state index < -0.39 is 15.5 Å². The summed E-state index contributed by atoms with van der Waals surface area (Å²) in [4.78, 5) is 28.7. The summed E-state index contributed by atoms with van der Waals surface area (Å²) in [5, 5.41) is 0.284. The molecule has 0 saturated carbocycles. The van der Waals surface area contributed by atoms with Gasteiger partial charge in [-0.15, -0.1) is 0 Å². The summed E-state index contributed by atoms with van der Waals surface area (Å²) in [6, 6.07) is 4.74. The number of likely N-dealkylation sites (tertiary alicyclic amines) is 1. The van der Waals surface area contributed by atoms with Crippen molar-refractivity contribution in [1.82, 2.24) is 13.8 Å². The molecular weight excluding hydrogens is 438 g/mol. The lowest BCUT2D eigenvalue weighted by molar-refractivity contribution is 0.0621. The zero-order chi connectivity index (χ0) is 23.9. The van der Waals surface area contributed by atoms with E-state index in [0.29, 0.717) is 56.0 Å². The summed E-state index contributed by atoms with van der Waals surface area (Å²) in [6.07, 6.45) is 4.37. The van der Waals surface area contributed by atoms with E-state index in [0.717, 1.165) is 19.3 Å². The lowest BCUT2D eigenvalue weighted by Crippen LogP contribution is -2.44. The van der Waals surface area contributed by atoms with Crippen molar-refractivity contribution >= 4 is 26.8 Å². The van der Waals surface area contributed by atoms with E-state index in [4.69, 9.17) is 0 Å². The Balaban J connectivity index is 1.77. The molecule has 2 aliphatic rings. The van der Waals surface area contributed by atoms with E-state index in [2.05, 4.69) is 20.8 Å².